The summed E-state index contributed by atoms with van der Waals surface area (Å²) in [4.78, 5) is 0. The van der Waals surface area contributed by atoms with Gasteiger partial charge in [0.15, 0.2) is 0 Å². The number of halogens is 3. The summed E-state index contributed by atoms with van der Waals surface area (Å²) in [6.07, 6.45) is -4.47. The Morgan fingerprint density at radius 2 is 1.64 bits per heavy atom. The van der Waals surface area contributed by atoms with Gasteiger partial charge in [0.05, 0.1) is 0 Å². The standard InChI is InChI=1S/C10H20F3N/c1-7(5-6-10(11,12)13)8(2)9(3)14-4/h7-9,14H,5-6H2,1-4H3. The summed E-state index contributed by atoms with van der Waals surface area (Å²) in [5.74, 6) is 0.362. The monoisotopic (exact) mass is 211 g/mol. The zero-order chi connectivity index (χ0) is 11.4. The molecule has 0 aromatic heterocycles. The minimum absolute atomic E-state index is 0.0964. The van der Waals surface area contributed by atoms with Crippen LogP contribution in [0.2, 0.25) is 0 Å². The molecule has 0 aliphatic carbocycles. The van der Waals surface area contributed by atoms with Crippen molar-refractivity contribution in [1.29, 1.82) is 0 Å². The smallest absolute Gasteiger partial charge is 0.317 e. The van der Waals surface area contributed by atoms with Crippen molar-refractivity contribution >= 4 is 0 Å². The molecule has 0 aliphatic heterocycles. The van der Waals surface area contributed by atoms with E-state index in [1.54, 1.807) is 0 Å². The van der Waals surface area contributed by atoms with E-state index in [0.29, 0.717) is 0 Å². The van der Waals surface area contributed by atoms with Crippen LogP contribution in [-0.2, 0) is 0 Å². The van der Waals surface area contributed by atoms with Crippen molar-refractivity contribution in [1.82, 2.24) is 5.32 Å². The Morgan fingerprint density at radius 3 is 2.00 bits per heavy atom. The van der Waals surface area contributed by atoms with Crippen molar-refractivity contribution < 1.29 is 13.2 Å². The number of hydrogen-bond donors (Lipinski definition) is 1. The topological polar surface area (TPSA) is 12.0 Å². The average Bonchev–Trinajstić information content (AvgIpc) is 2.10. The molecule has 1 nitrogen and oxygen atoms in total. The molecule has 0 heterocycles. The van der Waals surface area contributed by atoms with Crippen LogP contribution in [0.5, 0.6) is 0 Å². The first kappa shape index (κ1) is 13.8. The third kappa shape index (κ3) is 5.47. The maximum atomic E-state index is 11.9. The van der Waals surface area contributed by atoms with E-state index >= 15 is 0 Å². The summed E-state index contributed by atoms with van der Waals surface area (Å²) >= 11 is 0. The van der Waals surface area contributed by atoms with E-state index in [4.69, 9.17) is 0 Å². The van der Waals surface area contributed by atoms with E-state index in [0.717, 1.165) is 0 Å². The van der Waals surface area contributed by atoms with Crippen LogP contribution in [0.1, 0.15) is 33.6 Å². The van der Waals surface area contributed by atoms with E-state index < -0.39 is 12.6 Å². The van der Waals surface area contributed by atoms with Crippen LogP contribution in [0.3, 0.4) is 0 Å². The molecule has 1 N–H and O–H groups in total. The molecule has 3 atom stereocenters. The van der Waals surface area contributed by atoms with Crippen LogP contribution >= 0.6 is 0 Å². The highest BCUT2D eigenvalue weighted by molar-refractivity contribution is 4.72. The first-order valence-electron chi connectivity index (χ1n) is 5.02. The van der Waals surface area contributed by atoms with Crippen LogP contribution in [0, 0.1) is 11.8 Å². The van der Waals surface area contributed by atoms with Gasteiger partial charge in [0, 0.05) is 12.5 Å². The van der Waals surface area contributed by atoms with Crippen molar-refractivity contribution in [2.24, 2.45) is 11.8 Å². The lowest BCUT2D eigenvalue weighted by atomic mass is 9.86. The Bertz CT molecular complexity index is 156. The summed E-state index contributed by atoms with van der Waals surface area (Å²) in [6, 6.07) is 0.262. The molecule has 0 saturated carbocycles. The van der Waals surface area contributed by atoms with Gasteiger partial charge in [-0.15, -0.1) is 0 Å². The lowest BCUT2D eigenvalue weighted by Gasteiger charge is -2.26. The predicted octanol–water partition coefficient (Wildman–Crippen LogP) is 3.21. The molecular weight excluding hydrogens is 191 g/mol. The molecule has 14 heavy (non-hydrogen) atoms. The molecule has 0 bridgehead atoms. The summed E-state index contributed by atoms with van der Waals surface area (Å²) in [6.45, 7) is 5.86. The van der Waals surface area contributed by atoms with Gasteiger partial charge in [-0.2, -0.15) is 13.2 Å². The highest BCUT2D eigenvalue weighted by Crippen LogP contribution is 2.27. The van der Waals surface area contributed by atoms with Crippen molar-refractivity contribution in [3.05, 3.63) is 0 Å². The summed E-state index contributed by atoms with van der Waals surface area (Å²) in [5.41, 5.74) is 0. The molecule has 86 valence electrons. The van der Waals surface area contributed by atoms with Crippen LogP contribution in [0.4, 0.5) is 13.2 Å². The number of nitrogens with one attached hydrogen (secondary N) is 1. The van der Waals surface area contributed by atoms with Gasteiger partial charge in [-0.05, 0) is 32.2 Å². The lowest BCUT2D eigenvalue weighted by Crippen LogP contribution is -2.32. The van der Waals surface area contributed by atoms with Crippen LogP contribution in [0.25, 0.3) is 0 Å². The van der Waals surface area contributed by atoms with Gasteiger partial charge < -0.3 is 5.32 Å². The molecule has 0 saturated heterocycles. The fourth-order valence-corrected chi connectivity index (χ4v) is 1.41. The molecule has 0 amide bonds. The number of rotatable bonds is 5. The van der Waals surface area contributed by atoms with Gasteiger partial charge in [0.2, 0.25) is 0 Å². The maximum Gasteiger partial charge on any atom is 0.389 e. The second-order valence-electron chi connectivity index (χ2n) is 4.07. The molecule has 0 radical (unpaired) electrons. The lowest BCUT2D eigenvalue weighted by molar-refractivity contribution is -0.138. The van der Waals surface area contributed by atoms with Crippen LogP contribution in [-0.4, -0.2) is 19.3 Å². The Hall–Kier alpha value is -0.250. The van der Waals surface area contributed by atoms with Crippen LogP contribution < -0.4 is 5.32 Å². The van der Waals surface area contributed by atoms with Crippen LogP contribution in [0.15, 0.2) is 0 Å². The molecule has 0 fully saturated rings. The Morgan fingerprint density at radius 1 is 1.14 bits per heavy atom. The van der Waals surface area contributed by atoms with E-state index in [2.05, 4.69) is 5.32 Å². The number of alkyl halides is 3. The second kappa shape index (κ2) is 5.59. The second-order valence-corrected chi connectivity index (χ2v) is 4.07. The van der Waals surface area contributed by atoms with E-state index in [-0.39, 0.29) is 24.3 Å². The molecule has 0 aromatic rings. The summed E-state index contributed by atoms with van der Waals surface area (Å²) in [7, 11) is 1.83. The highest BCUT2D eigenvalue weighted by atomic mass is 19.4. The van der Waals surface area contributed by atoms with Gasteiger partial charge in [0.25, 0.3) is 0 Å². The molecule has 0 spiro atoms. The van der Waals surface area contributed by atoms with Crippen molar-refractivity contribution in [3.8, 4) is 0 Å². The minimum Gasteiger partial charge on any atom is -0.317 e. The summed E-state index contributed by atoms with van der Waals surface area (Å²) in [5, 5.41) is 3.06. The van der Waals surface area contributed by atoms with Crippen molar-refractivity contribution in [2.75, 3.05) is 7.05 Å². The predicted molar refractivity (Wildman–Crippen MR) is 52.1 cm³/mol. The number of hydrogen-bond acceptors (Lipinski definition) is 1. The molecule has 4 heteroatoms. The molecule has 3 unspecified atom stereocenters. The van der Waals surface area contributed by atoms with E-state index in [1.165, 1.54) is 0 Å². The summed E-state index contributed by atoms with van der Waals surface area (Å²) < 4.78 is 35.8. The van der Waals surface area contributed by atoms with Gasteiger partial charge in [-0.1, -0.05) is 13.8 Å². The Balaban J connectivity index is 3.90. The zero-order valence-corrected chi connectivity index (χ0v) is 9.28. The van der Waals surface area contributed by atoms with E-state index in [9.17, 15) is 13.2 Å². The third-order valence-electron chi connectivity index (χ3n) is 3.02. The average molecular weight is 211 g/mol. The van der Waals surface area contributed by atoms with Gasteiger partial charge in [-0.3, -0.25) is 0 Å². The third-order valence-corrected chi connectivity index (χ3v) is 3.02. The van der Waals surface area contributed by atoms with Gasteiger partial charge >= 0.3 is 6.18 Å². The first-order valence-corrected chi connectivity index (χ1v) is 5.02. The maximum absolute atomic E-state index is 11.9. The quantitative estimate of drug-likeness (QED) is 0.736. The molecule has 0 rings (SSSR count). The highest BCUT2D eigenvalue weighted by Gasteiger charge is 2.29. The molecule has 0 aliphatic rings. The Labute approximate surface area is 84.1 Å². The Kier molecular flexibility index (Phi) is 5.49. The fraction of sp³-hybridized carbons (Fsp3) is 1.00. The van der Waals surface area contributed by atoms with Gasteiger partial charge in [-0.25, -0.2) is 0 Å². The van der Waals surface area contributed by atoms with Crippen molar-refractivity contribution in [3.63, 3.8) is 0 Å². The largest absolute Gasteiger partial charge is 0.389 e. The normalized spacial score (nSPS) is 19.1. The SMILES string of the molecule is CNC(C)C(C)C(C)CCC(F)(F)F. The minimum atomic E-state index is -4.02. The van der Waals surface area contributed by atoms with Gasteiger partial charge in [0.1, 0.15) is 0 Å². The zero-order valence-electron chi connectivity index (χ0n) is 9.28. The first-order chi connectivity index (χ1) is 6.28. The molecule has 0 aromatic carbocycles. The molecular formula is C10H20F3N. The fourth-order valence-electron chi connectivity index (χ4n) is 1.41. The van der Waals surface area contributed by atoms with E-state index in [1.807, 2.05) is 27.8 Å². The van der Waals surface area contributed by atoms with Crippen molar-refractivity contribution in [2.45, 2.75) is 45.8 Å².